The van der Waals surface area contributed by atoms with Gasteiger partial charge in [-0.05, 0) is 50.9 Å². The average molecular weight is 351 g/mol. The number of hydrogen-bond donors (Lipinski definition) is 0. The highest BCUT2D eigenvalue weighted by molar-refractivity contribution is 6.62. The van der Waals surface area contributed by atoms with Crippen molar-refractivity contribution in [2.24, 2.45) is 0 Å². The van der Waals surface area contributed by atoms with Gasteiger partial charge in [-0.1, -0.05) is 30.3 Å². The van der Waals surface area contributed by atoms with Gasteiger partial charge in [-0.3, -0.25) is 4.40 Å². The summed E-state index contributed by atoms with van der Waals surface area (Å²) < 4.78 is 15.2. The Kier molecular flexibility index (Phi) is 3.82. The molecule has 1 aliphatic heterocycles. The van der Waals surface area contributed by atoms with Crippen molar-refractivity contribution in [1.82, 2.24) is 14.2 Å². The van der Waals surface area contributed by atoms with Gasteiger partial charge in [-0.2, -0.15) is 0 Å². The van der Waals surface area contributed by atoms with Crippen molar-refractivity contribution in [2.45, 2.75) is 45.4 Å². The van der Waals surface area contributed by atoms with E-state index in [1.54, 1.807) is 10.6 Å². The van der Waals surface area contributed by atoms with Gasteiger partial charge < -0.3 is 9.31 Å². The number of fused-ring (bicyclic) bond motifs is 1. The molecule has 0 radical (unpaired) electrons. The molecule has 0 unspecified atom stereocenters. The zero-order chi connectivity index (χ0) is 18.5. The van der Waals surface area contributed by atoms with Crippen molar-refractivity contribution < 1.29 is 9.31 Å². The Morgan fingerprint density at radius 3 is 2.27 bits per heavy atom. The molecule has 26 heavy (non-hydrogen) atoms. The molecule has 0 bridgehead atoms. The van der Waals surface area contributed by atoms with Crippen LogP contribution in [-0.2, 0) is 15.9 Å². The molecule has 4 rings (SSSR count). The van der Waals surface area contributed by atoms with Gasteiger partial charge in [0, 0.05) is 6.20 Å². The molecule has 0 saturated carbocycles. The van der Waals surface area contributed by atoms with Crippen molar-refractivity contribution in [3.63, 3.8) is 0 Å². The first-order valence-electron chi connectivity index (χ1n) is 8.75. The normalized spacial score (nSPS) is 18.5. The van der Waals surface area contributed by atoms with Gasteiger partial charge in [0.25, 0.3) is 0 Å². The predicted octanol–water partition coefficient (Wildman–Crippen LogP) is 1.84. The summed E-state index contributed by atoms with van der Waals surface area (Å²) in [5.74, 6) is 0. The molecule has 0 N–H and O–H groups in total. The summed E-state index contributed by atoms with van der Waals surface area (Å²) in [5.41, 5.74) is 1.74. The lowest BCUT2D eigenvalue weighted by atomic mass is 9.79. The maximum atomic E-state index is 12.4. The molecular formula is C19H22BN3O3. The van der Waals surface area contributed by atoms with E-state index in [2.05, 4.69) is 5.10 Å². The standard InChI is InChI=1S/C19H22BN3O3/c1-18(2)19(3,4)26-20(25-18)15-10-8-14(9-11-15)13-23-17(24)22-12-6-5-7-16(22)21-23/h5-12H,13H2,1-4H3. The molecule has 0 spiro atoms. The Labute approximate surface area is 152 Å². The van der Waals surface area contributed by atoms with Crippen LogP contribution in [0.3, 0.4) is 0 Å². The Hall–Kier alpha value is -2.38. The zero-order valence-corrected chi connectivity index (χ0v) is 15.5. The molecule has 134 valence electrons. The number of hydrogen-bond acceptors (Lipinski definition) is 4. The Balaban J connectivity index is 1.55. The number of nitrogens with zero attached hydrogens (tertiary/aromatic N) is 3. The molecule has 1 aliphatic rings. The van der Waals surface area contributed by atoms with Crippen LogP contribution in [0.4, 0.5) is 0 Å². The quantitative estimate of drug-likeness (QED) is 0.676. The van der Waals surface area contributed by atoms with Gasteiger partial charge >= 0.3 is 12.8 Å². The molecule has 0 aliphatic carbocycles. The second kappa shape index (κ2) is 5.82. The largest absolute Gasteiger partial charge is 0.494 e. The monoisotopic (exact) mass is 351 g/mol. The third-order valence-electron chi connectivity index (χ3n) is 5.33. The van der Waals surface area contributed by atoms with Crippen molar-refractivity contribution in [3.8, 4) is 0 Å². The molecule has 2 aromatic heterocycles. The van der Waals surface area contributed by atoms with Gasteiger partial charge in [-0.25, -0.2) is 9.48 Å². The highest BCUT2D eigenvalue weighted by Gasteiger charge is 2.51. The summed E-state index contributed by atoms with van der Waals surface area (Å²) in [7, 11) is -0.382. The fourth-order valence-electron chi connectivity index (χ4n) is 3.00. The molecule has 0 atom stereocenters. The summed E-state index contributed by atoms with van der Waals surface area (Å²) >= 11 is 0. The van der Waals surface area contributed by atoms with Gasteiger partial charge in [0.15, 0.2) is 5.65 Å². The molecule has 7 heteroatoms. The predicted molar refractivity (Wildman–Crippen MR) is 101 cm³/mol. The van der Waals surface area contributed by atoms with Gasteiger partial charge in [-0.15, -0.1) is 5.10 Å². The van der Waals surface area contributed by atoms with Crippen molar-refractivity contribution in [3.05, 3.63) is 64.7 Å². The zero-order valence-electron chi connectivity index (χ0n) is 15.5. The van der Waals surface area contributed by atoms with Crippen LogP contribution < -0.4 is 11.2 Å². The lowest BCUT2D eigenvalue weighted by Crippen LogP contribution is -2.41. The molecule has 1 aromatic carbocycles. The molecule has 1 saturated heterocycles. The number of rotatable bonds is 3. The SMILES string of the molecule is CC1(C)OB(c2ccc(Cn3nc4ccccn4c3=O)cc2)OC1(C)C. The first-order valence-corrected chi connectivity index (χ1v) is 8.75. The topological polar surface area (TPSA) is 57.8 Å². The van der Waals surface area contributed by atoms with Crippen LogP contribution in [0.1, 0.15) is 33.3 Å². The molecular weight excluding hydrogens is 329 g/mol. The third-order valence-corrected chi connectivity index (χ3v) is 5.33. The van der Waals surface area contributed by atoms with E-state index in [1.165, 1.54) is 4.68 Å². The average Bonchev–Trinajstić information content (AvgIpc) is 3.02. The van der Waals surface area contributed by atoms with Crippen LogP contribution in [-0.4, -0.2) is 32.5 Å². The first-order chi connectivity index (χ1) is 12.3. The summed E-state index contributed by atoms with van der Waals surface area (Å²) in [5, 5.41) is 4.36. The molecule has 3 aromatic rings. The minimum absolute atomic E-state index is 0.143. The van der Waals surface area contributed by atoms with E-state index >= 15 is 0 Å². The van der Waals surface area contributed by atoms with Crippen LogP contribution in [0, 0.1) is 0 Å². The van der Waals surface area contributed by atoms with E-state index in [9.17, 15) is 4.79 Å². The lowest BCUT2D eigenvalue weighted by Gasteiger charge is -2.32. The number of aromatic nitrogens is 3. The highest BCUT2D eigenvalue weighted by atomic mass is 16.7. The summed E-state index contributed by atoms with van der Waals surface area (Å²) in [4.78, 5) is 12.4. The Bertz CT molecular complexity index is 989. The van der Waals surface area contributed by atoms with Crippen molar-refractivity contribution in [1.29, 1.82) is 0 Å². The summed E-state index contributed by atoms with van der Waals surface area (Å²) in [6, 6.07) is 13.4. The molecule has 3 heterocycles. The van der Waals surface area contributed by atoms with E-state index in [0.29, 0.717) is 12.2 Å². The van der Waals surface area contributed by atoms with E-state index in [4.69, 9.17) is 9.31 Å². The summed E-state index contributed by atoms with van der Waals surface area (Å²) in [6.45, 7) is 8.58. The van der Waals surface area contributed by atoms with Crippen LogP contribution in [0.25, 0.3) is 5.65 Å². The Morgan fingerprint density at radius 2 is 1.65 bits per heavy atom. The first kappa shape index (κ1) is 17.1. The van der Waals surface area contributed by atoms with Crippen LogP contribution >= 0.6 is 0 Å². The fraction of sp³-hybridized carbons (Fsp3) is 0.368. The van der Waals surface area contributed by atoms with Crippen LogP contribution in [0.15, 0.2) is 53.5 Å². The minimum Gasteiger partial charge on any atom is -0.399 e. The van der Waals surface area contributed by atoms with E-state index < -0.39 is 0 Å². The second-order valence-electron chi connectivity index (χ2n) is 7.70. The van der Waals surface area contributed by atoms with Gasteiger partial charge in [0.05, 0.1) is 17.7 Å². The third kappa shape index (κ3) is 2.77. The van der Waals surface area contributed by atoms with Crippen molar-refractivity contribution >= 4 is 18.2 Å². The number of benzene rings is 1. The highest BCUT2D eigenvalue weighted by Crippen LogP contribution is 2.36. The second-order valence-corrected chi connectivity index (χ2v) is 7.70. The maximum absolute atomic E-state index is 12.4. The van der Waals surface area contributed by atoms with Crippen LogP contribution in [0.2, 0.25) is 0 Å². The maximum Gasteiger partial charge on any atom is 0.494 e. The lowest BCUT2D eigenvalue weighted by molar-refractivity contribution is 0.00578. The smallest absolute Gasteiger partial charge is 0.399 e. The van der Waals surface area contributed by atoms with Gasteiger partial charge in [0.1, 0.15) is 0 Å². The van der Waals surface area contributed by atoms with E-state index in [-0.39, 0.29) is 24.0 Å². The number of pyridine rings is 1. The summed E-state index contributed by atoms with van der Waals surface area (Å²) in [6.07, 6.45) is 1.72. The van der Waals surface area contributed by atoms with Crippen LogP contribution in [0.5, 0.6) is 0 Å². The van der Waals surface area contributed by atoms with Gasteiger partial charge in [0.2, 0.25) is 0 Å². The fourth-order valence-corrected chi connectivity index (χ4v) is 3.00. The Morgan fingerprint density at radius 1 is 1.00 bits per heavy atom. The van der Waals surface area contributed by atoms with E-state index in [1.807, 2.05) is 70.2 Å². The van der Waals surface area contributed by atoms with E-state index in [0.717, 1.165) is 11.0 Å². The minimum atomic E-state index is -0.382. The van der Waals surface area contributed by atoms with Crippen molar-refractivity contribution in [2.75, 3.05) is 0 Å². The molecule has 1 fully saturated rings. The molecule has 6 nitrogen and oxygen atoms in total. The molecule has 0 amide bonds.